The Bertz CT molecular complexity index is 1130. The SMILES string of the molecule is C=C/C=C(\O/C=C(\O)C(=O)Nc1cccc2ncccc12)c1cc(Cl)ccc1Cl. The Labute approximate surface area is 177 Å². The molecule has 1 aromatic heterocycles. The third-order valence-electron chi connectivity index (χ3n) is 3.89. The fraction of sp³-hybridized carbons (Fsp3) is 0. The Kier molecular flexibility index (Phi) is 6.54. The predicted molar refractivity (Wildman–Crippen MR) is 117 cm³/mol. The standard InChI is InChI=1S/C22H16Cl2N2O3/c1-2-5-21(16-12-14(23)9-10-17(16)24)29-13-20(27)22(28)26-19-8-3-7-18-15(19)6-4-11-25-18/h2-13,27H,1H2,(H,26,28)/b20-13-,21-5-. The van der Waals surface area contributed by atoms with Crippen LogP contribution >= 0.6 is 23.2 Å². The summed E-state index contributed by atoms with van der Waals surface area (Å²) in [5.74, 6) is -1.10. The minimum Gasteiger partial charge on any atom is -0.501 e. The van der Waals surface area contributed by atoms with Gasteiger partial charge in [0.15, 0.2) is 0 Å². The molecule has 0 aliphatic rings. The number of allylic oxidation sites excluding steroid dienone is 2. The van der Waals surface area contributed by atoms with Crippen LogP contribution in [0.5, 0.6) is 0 Å². The maximum absolute atomic E-state index is 12.4. The first-order valence-corrected chi connectivity index (χ1v) is 9.24. The van der Waals surface area contributed by atoms with E-state index >= 15 is 0 Å². The van der Waals surface area contributed by atoms with E-state index in [-0.39, 0.29) is 5.76 Å². The van der Waals surface area contributed by atoms with Crippen LogP contribution in [0.25, 0.3) is 16.7 Å². The number of hydrogen-bond acceptors (Lipinski definition) is 4. The van der Waals surface area contributed by atoms with E-state index in [0.29, 0.717) is 21.3 Å². The van der Waals surface area contributed by atoms with Gasteiger partial charge in [0.25, 0.3) is 5.91 Å². The van der Waals surface area contributed by atoms with Crippen molar-refractivity contribution in [3.8, 4) is 0 Å². The molecule has 5 nitrogen and oxygen atoms in total. The molecule has 3 aromatic rings. The van der Waals surface area contributed by atoms with E-state index in [0.717, 1.165) is 17.2 Å². The number of fused-ring (bicyclic) bond motifs is 1. The second kappa shape index (κ2) is 9.28. The molecular formula is C22H16Cl2N2O3. The lowest BCUT2D eigenvalue weighted by Crippen LogP contribution is -2.14. The molecule has 0 atom stereocenters. The quantitative estimate of drug-likeness (QED) is 0.282. The van der Waals surface area contributed by atoms with Gasteiger partial charge in [0.05, 0.1) is 16.2 Å². The first-order chi connectivity index (χ1) is 14.0. The number of nitrogens with one attached hydrogen (secondary N) is 1. The number of carbonyl (C=O) groups is 1. The molecule has 0 fully saturated rings. The van der Waals surface area contributed by atoms with Gasteiger partial charge in [-0.15, -0.1) is 0 Å². The number of amides is 1. The largest absolute Gasteiger partial charge is 0.501 e. The van der Waals surface area contributed by atoms with Gasteiger partial charge in [-0.25, -0.2) is 0 Å². The molecule has 2 aromatic carbocycles. The van der Waals surface area contributed by atoms with Crippen molar-refractivity contribution in [1.29, 1.82) is 0 Å². The van der Waals surface area contributed by atoms with E-state index in [2.05, 4.69) is 16.9 Å². The Hall–Kier alpha value is -3.28. The first kappa shape index (κ1) is 20.5. The van der Waals surface area contributed by atoms with Crippen molar-refractivity contribution < 1.29 is 14.6 Å². The van der Waals surface area contributed by atoms with Crippen molar-refractivity contribution in [2.24, 2.45) is 0 Å². The Balaban J connectivity index is 1.80. The minimum atomic E-state index is -0.739. The number of pyridine rings is 1. The third kappa shape index (κ3) is 4.96. The van der Waals surface area contributed by atoms with E-state index in [9.17, 15) is 9.90 Å². The summed E-state index contributed by atoms with van der Waals surface area (Å²) in [5.41, 5.74) is 1.72. The molecule has 146 valence electrons. The first-order valence-electron chi connectivity index (χ1n) is 8.48. The van der Waals surface area contributed by atoms with Crippen LogP contribution in [0, 0.1) is 0 Å². The number of nitrogens with zero attached hydrogens (tertiary/aromatic N) is 1. The van der Waals surface area contributed by atoms with Crippen LogP contribution in [-0.4, -0.2) is 16.0 Å². The van der Waals surface area contributed by atoms with Gasteiger partial charge >= 0.3 is 0 Å². The molecular weight excluding hydrogens is 411 g/mol. The van der Waals surface area contributed by atoms with Crippen molar-refractivity contribution >= 4 is 51.5 Å². The number of carbonyl (C=O) groups excluding carboxylic acids is 1. The van der Waals surface area contributed by atoms with Crippen molar-refractivity contribution in [3.05, 3.63) is 101 Å². The number of aliphatic hydroxyl groups is 1. The van der Waals surface area contributed by atoms with Crippen molar-refractivity contribution in [2.45, 2.75) is 0 Å². The monoisotopic (exact) mass is 426 g/mol. The molecule has 7 heteroatoms. The van der Waals surface area contributed by atoms with E-state index in [1.165, 1.54) is 12.2 Å². The van der Waals surface area contributed by atoms with E-state index in [1.807, 2.05) is 12.1 Å². The molecule has 0 aliphatic carbocycles. The Morgan fingerprint density at radius 2 is 2.00 bits per heavy atom. The van der Waals surface area contributed by atoms with Gasteiger partial charge in [-0.3, -0.25) is 9.78 Å². The number of rotatable bonds is 6. The summed E-state index contributed by atoms with van der Waals surface area (Å²) in [6.45, 7) is 3.62. The van der Waals surface area contributed by atoms with Gasteiger partial charge in [0.2, 0.25) is 5.76 Å². The van der Waals surface area contributed by atoms with Gasteiger partial charge in [-0.1, -0.05) is 41.9 Å². The van der Waals surface area contributed by atoms with E-state index < -0.39 is 11.7 Å². The number of ether oxygens (including phenoxy) is 1. The molecule has 0 aliphatic heterocycles. The average Bonchev–Trinajstić information content (AvgIpc) is 2.73. The van der Waals surface area contributed by atoms with E-state index in [1.54, 1.807) is 42.6 Å². The van der Waals surface area contributed by atoms with Gasteiger partial charge in [0, 0.05) is 22.2 Å². The minimum absolute atomic E-state index is 0.265. The molecule has 0 radical (unpaired) electrons. The number of benzene rings is 2. The summed E-state index contributed by atoms with van der Waals surface area (Å²) in [6, 6.07) is 13.7. The highest BCUT2D eigenvalue weighted by atomic mass is 35.5. The molecule has 1 heterocycles. The molecule has 3 rings (SSSR count). The van der Waals surface area contributed by atoms with Crippen molar-refractivity contribution in [1.82, 2.24) is 4.98 Å². The summed E-state index contributed by atoms with van der Waals surface area (Å²) in [5, 5.41) is 14.4. The van der Waals surface area contributed by atoms with Crippen LogP contribution < -0.4 is 5.32 Å². The third-order valence-corrected chi connectivity index (χ3v) is 4.45. The van der Waals surface area contributed by atoms with Crippen LogP contribution in [0.3, 0.4) is 0 Å². The summed E-state index contributed by atoms with van der Waals surface area (Å²) >= 11 is 12.2. The highest BCUT2D eigenvalue weighted by Gasteiger charge is 2.13. The second-order valence-electron chi connectivity index (χ2n) is 5.84. The molecule has 2 N–H and O–H groups in total. The number of halogens is 2. The fourth-order valence-electron chi connectivity index (χ4n) is 2.56. The summed E-state index contributed by atoms with van der Waals surface area (Å²) < 4.78 is 5.47. The molecule has 0 saturated heterocycles. The average molecular weight is 427 g/mol. The van der Waals surface area contributed by atoms with E-state index in [4.69, 9.17) is 27.9 Å². The zero-order valence-electron chi connectivity index (χ0n) is 15.1. The van der Waals surface area contributed by atoms with Gasteiger partial charge < -0.3 is 15.2 Å². The summed E-state index contributed by atoms with van der Waals surface area (Å²) in [4.78, 5) is 16.6. The molecule has 0 unspecified atom stereocenters. The van der Waals surface area contributed by atoms with Crippen LogP contribution in [0.4, 0.5) is 5.69 Å². The lowest BCUT2D eigenvalue weighted by molar-refractivity contribution is -0.115. The maximum Gasteiger partial charge on any atom is 0.293 e. The van der Waals surface area contributed by atoms with Crippen LogP contribution in [0.15, 0.2) is 85.5 Å². The topological polar surface area (TPSA) is 71.5 Å². The molecule has 0 saturated carbocycles. The van der Waals surface area contributed by atoms with Crippen molar-refractivity contribution in [2.75, 3.05) is 5.32 Å². The molecule has 1 amide bonds. The number of aliphatic hydroxyl groups excluding tert-OH is 1. The zero-order chi connectivity index (χ0) is 20.8. The fourth-order valence-corrected chi connectivity index (χ4v) is 2.94. The Morgan fingerprint density at radius 3 is 2.79 bits per heavy atom. The maximum atomic E-state index is 12.4. The number of anilines is 1. The smallest absolute Gasteiger partial charge is 0.293 e. The number of aromatic nitrogens is 1. The van der Waals surface area contributed by atoms with Gasteiger partial charge in [0.1, 0.15) is 12.0 Å². The Morgan fingerprint density at radius 1 is 1.17 bits per heavy atom. The molecule has 0 spiro atoms. The van der Waals surface area contributed by atoms with Crippen LogP contribution in [-0.2, 0) is 9.53 Å². The molecule has 29 heavy (non-hydrogen) atoms. The molecule has 0 bridgehead atoms. The second-order valence-corrected chi connectivity index (χ2v) is 6.69. The zero-order valence-corrected chi connectivity index (χ0v) is 16.6. The van der Waals surface area contributed by atoms with Crippen molar-refractivity contribution in [3.63, 3.8) is 0 Å². The summed E-state index contributed by atoms with van der Waals surface area (Å²) in [7, 11) is 0. The summed E-state index contributed by atoms with van der Waals surface area (Å²) in [6.07, 6.45) is 5.61. The lowest BCUT2D eigenvalue weighted by Gasteiger charge is -2.10. The van der Waals surface area contributed by atoms with Crippen LogP contribution in [0.2, 0.25) is 10.0 Å². The lowest BCUT2D eigenvalue weighted by atomic mass is 10.1. The highest BCUT2D eigenvalue weighted by Crippen LogP contribution is 2.28. The number of hydrogen-bond donors (Lipinski definition) is 2. The van der Waals surface area contributed by atoms with Crippen LogP contribution in [0.1, 0.15) is 5.56 Å². The highest BCUT2D eigenvalue weighted by molar-refractivity contribution is 6.34. The normalized spacial score (nSPS) is 11.9. The van der Waals surface area contributed by atoms with Gasteiger partial charge in [-0.2, -0.15) is 0 Å². The van der Waals surface area contributed by atoms with Gasteiger partial charge in [-0.05, 0) is 48.5 Å². The predicted octanol–water partition coefficient (Wildman–Crippen LogP) is 6.12.